The second kappa shape index (κ2) is 6.23. The summed E-state index contributed by atoms with van der Waals surface area (Å²) < 4.78 is 0. The molecule has 1 spiro atoms. The van der Waals surface area contributed by atoms with Gasteiger partial charge in [0, 0.05) is 43.7 Å². The Balaban J connectivity index is 1.35. The molecule has 0 aromatic heterocycles. The lowest BCUT2D eigenvalue weighted by Gasteiger charge is -2.57. The highest BCUT2D eigenvalue weighted by atomic mass is 16.2. The fourth-order valence-electron chi connectivity index (χ4n) is 5.71. The molecule has 6 nitrogen and oxygen atoms in total. The largest absolute Gasteiger partial charge is 0.362 e. The van der Waals surface area contributed by atoms with Crippen molar-refractivity contribution in [3.63, 3.8) is 0 Å². The molecule has 3 saturated carbocycles. The van der Waals surface area contributed by atoms with E-state index in [9.17, 15) is 9.59 Å². The number of likely N-dealkylation sites (N-methyl/N-ethyl adjacent to an activating group) is 1. The molecule has 4 fully saturated rings. The van der Waals surface area contributed by atoms with Crippen LogP contribution in [0.3, 0.4) is 0 Å². The van der Waals surface area contributed by atoms with Gasteiger partial charge in [0.1, 0.15) is 5.66 Å². The molecule has 2 amide bonds. The van der Waals surface area contributed by atoms with Crippen molar-refractivity contribution in [2.75, 3.05) is 38.5 Å². The van der Waals surface area contributed by atoms with E-state index in [1.165, 1.54) is 0 Å². The fraction of sp³-hybridized carbons (Fsp3) is 0.619. The molecule has 6 rings (SSSR count). The predicted octanol–water partition coefficient (Wildman–Crippen LogP) is 1.75. The Morgan fingerprint density at radius 2 is 1.89 bits per heavy atom. The van der Waals surface area contributed by atoms with Crippen molar-refractivity contribution >= 4 is 17.5 Å². The van der Waals surface area contributed by atoms with E-state index in [2.05, 4.69) is 27.5 Å². The zero-order valence-corrected chi connectivity index (χ0v) is 15.9. The second-order valence-electron chi connectivity index (χ2n) is 8.81. The Bertz CT molecular complexity index is 773. The summed E-state index contributed by atoms with van der Waals surface area (Å²) in [6.07, 6.45) is 3.90. The maximum atomic E-state index is 13.2. The minimum absolute atomic E-state index is 0.0128. The van der Waals surface area contributed by atoms with Crippen LogP contribution in [-0.4, -0.2) is 60.5 Å². The number of nitrogens with zero attached hydrogens (tertiary/aromatic N) is 2. The number of amides is 2. The number of rotatable bonds is 1. The van der Waals surface area contributed by atoms with E-state index in [-0.39, 0.29) is 17.5 Å². The molecule has 1 aromatic carbocycles. The monoisotopic (exact) mass is 368 g/mol. The lowest BCUT2D eigenvalue weighted by molar-refractivity contribution is -0.144. The van der Waals surface area contributed by atoms with Crippen molar-refractivity contribution in [1.82, 2.24) is 15.1 Å². The molecular weight excluding hydrogens is 340 g/mol. The van der Waals surface area contributed by atoms with Crippen LogP contribution >= 0.6 is 0 Å². The van der Waals surface area contributed by atoms with Gasteiger partial charge >= 0.3 is 0 Å². The van der Waals surface area contributed by atoms with Crippen LogP contribution in [0.15, 0.2) is 24.3 Å². The predicted molar refractivity (Wildman–Crippen MR) is 103 cm³/mol. The zero-order chi connectivity index (χ0) is 18.6. The summed E-state index contributed by atoms with van der Waals surface area (Å²) in [6, 6.07) is 7.73. The van der Waals surface area contributed by atoms with Gasteiger partial charge in [0.2, 0.25) is 5.91 Å². The third kappa shape index (κ3) is 2.73. The quantitative estimate of drug-likeness (QED) is 0.793. The molecule has 2 bridgehead atoms. The Morgan fingerprint density at radius 1 is 1.11 bits per heavy atom. The van der Waals surface area contributed by atoms with E-state index in [0.29, 0.717) is 17.7 Å². The number of piperazine rings is 1. The lowest BCUT2D eigenvalue weighted by Crippen LogP contribution is -2.68. The summed E-state index contributed by atoms with van der Waals surface area (Å²) in [5.74, 6) is 1.13. The number of carbonyl (C=O) groups is 2. The minimum Gasteiger partial charge on any atom is -0.362 e. The molecule has 2 N–H and O–H groups in total. The first-order chi connectivity index (χ1) is 13.1. The van der Waals surface area contributed by atoms with E-state index in [1.807, 2.05) is 24.3 Å². The van der Waals surface area contributed by atoms with E-state index in [0.717, 1.165) is 63.1 Å². The van der Waals surface area contributed by atoms with E-state index >= 15 is 0 Å². The van der Waals surface area contributed by atoms with Crippen molar-refractivity contribution in [2.45, 2.75) is 31.3 Å². The number of anilines is 1. The highest BCUT2D eigenvalue weighted by molar-refractivity contribution is 6.02. The van der Waals surface area contributed by atoms with Crippen LogP contribution in [0.2, 0.25) is 0 Å². The van der Waals surface area contributed by atoms with Gasteiger partial charge in [-0.2, -0.15) is 0 Å². The smallest absolute Gasteiger partial charge is 0.255 e. The summed E-state index contributed by atoms with van der Waals surface area (Å²) in [6.45, 7) is 3.61. The average molecular weight is 368 g/mol. The zero-order valence-electron chi connectivity index (χ0n) is 15.9. The number of hydrogen-bond donors (Lipinski definition) is 2. The van der Waals surface area contributed by atoms with Crippen molar-refractivity contribution in [2.24, 2.45) is 17.8 Å². The molecule has 2 heterocycles. The molecule has 5 aliphatic rings. The molecule has 4 atom stereocenters. The SMILES string of the molecule is CN1CCN(C(=O)[C@H]2C[C@@H]3CC[C@@H]2C[C@@]32NC(=O)c3ccccc3N2)CC1. The molecule has 3 aliphatic carbocycles. The minimum atomic E-state index is -0.382. The maximum Gasteiger partial charge on any atom is 0.255 e. The third-order valence-electron chi connectivity index (χ3n) is 7.27. The van der Waals surface area contributed by atoms with Crippen molar-refractivity contribution < 1.29 is 9.59 Å². The molecule has 6 heteroatoms. The molecule has 0 unspecified atom stereocenters. The standard InChI is InChI=1S/C21H28N4O2/c1-24-8-10-25(11-9-24)20(27)17-12-15-7-6-14(17)13-21(15)22-18-5-3-2-4-16(18)19(26)23-21/h2-5,14-15,17,22H,6-13H2,1H3,(H,23,26)/t14-,15+,17+,21-/m1/s1. The van der Waals surface area contributed by atoms with Gasteiger partial charge < -0.3 is 20.4 Å². The first-order valence-electron chi connectivity index (χ1n) is 10.2. The normalized spacial score (nSPS) is 35.5. The highest BCUT2D eigenvalue weighted by Crippen LogP contribution is 2.52. The number of fused-ring (bicyclic) bond motifs is 3. The van der Waals surface area contributed by atoms with Crippen LogP contribution in [0.5, 0.6) is 0 Å². The molecule has 144 valence electrons. The topological polar surface area (TPSA) is 64.7 Å². The van der Waals surface area contributed by atoms with Gasteiger partial charge in [-0.15, -0.1) is 0 Å². The van der Waals surface area contributed by atoms with Crippen molar-refractivity contribution in [3.05, 3.63) is 29.8 Å². The third-order valence-corrected chi connectivity index (χ3v) is 7.27. The van der Waals surface area contributed by atoms with Gasteiger partial charge in [0.25, 0.3) is 5.91 Å². The molecule has 1 saturated heterocycles. The Hall–Kier alpha value is -2.08. The van der Waals surface area contributed by atoms with E-state index < -0.39 is 0 Å². The summed E-state index contributed by atoms with van der Waals surface area (Å²) in [5.41, 5.74) is 1.26. The number of nitrogens with one attached hydrogen (secondary N) is 2. The molecule has 0 radical (unpaired) electrons. The first kappa shape index (κ1) is 17.0. The molecule has 1 aromatic rings. The van der Waals surface area contributed by atoms with Crippen LogP contribution in [0, 0.1) is 17.8 Å². The second-order valence-corrected chi connectivity index (χ2v) is 8.81. The van der Waals surface area contributed by atoms with Crippen LogP contribution in [0.1, 0.15) is 36.0 Å². The molecule has 2 aliphatic heterocycles. The summed E-state index contributed by atoms with van der Waals surface area (Å²) in [7, 11) is 2.11. The summed E-state index contributed by atoms with van der Waals surface area (Å²) >= 11 is 0. The van der Waals surface area contributed by atoms with Crippen LogP contribution in [0.4, 0.5) is 5.69 Å². The van der Waals surface area contributed by atoms with Gasteiger partial charge in [-0.25, -0.2) is 0 Å². The number of benzene rings is 1. The summed E-state index contributed by atoms with van der Waals surface area (Å²) in [4.78, 5) is 30.2. The van der Waals surface area contributed by atoms with Gasteiger partial charge in [-0.05, 0) is 50.8 Å². The molecule has 27 heavy (non-hydrogen) atoms. The van der Waals surface area contributed by atoms with Crippen LogP contribution in [-0.2, 0) is 4.79 Å². The van der Waals surface area contributed by atoms with Gasteiger partial charge in [0.05, 0.1) is 5.56 Å². The number of hydrogen-bond acceptors (Lipinski definition) is 4. The Morgan fingerprint density at radius 3 is 2.63 bits per heavy atom. The van der Waals surface area contributed by atoms with Crippen LogP contribution < -0.4 is 10.6 Å². The van der Waals surface area contributed by atoms with Gasteiger partial charge in [-0.3, -0.25) is 9.59 Å². The average Bonchev–Trinajstić information content (AvgIpc) is 2.68. The molecular formula is C21H28N4O2. The van der Waals surface area contributed by atoms with Crippen molar-refractivity contribution in [3.8, 4) is 0 Å². The Kier molecular flexibility index (Phi) is 3.93. The number of para-hydroxylation sites is 1. The highest BCUT2D eigenvalue weighted by Gasteiger charge is 2.55. The summed E-state index contributed by atoms with van der Waals surface area (Å²) in [5, 5.41) is 6.94. The van der Waals surface area contributed by atoms with Crippen LogP contribution in [0.25, 0.3) is 0 Å². The maximum absolute atomic E-state index is 13.2. The fourth-order valence-corrected chi connectivity index (χ4v) is 5.71. The van der Waals surface area contributed by atoms with E-state index in [4.69, 9.17) is 0 Å². The number of carbonyl (C=O) groups excluding carboxylic acids is 2. The van der Waals surface area contributed by atoms with Gasteiger partial charge in [-0.1, -0.05) is 12.1 Å². The van der Waals surface area contributed by atoms with E-state index in [1.54, 1.807) is 0 Å². The van der Waals surface area contributed by atoms with Gasteiger partial charge in [0.15, 0.2) is 0 Å². The first-order valence-corrected chi connectivity index (χ1v) is 10.2. The lowest BCUT2D eigenvalue weighted by atomic mass is 9.58. The van der Waals surface area contributed by atoms with Crippen molar-refractivity contribution in [1.29, 1.82) is 0 Å². The Labute approximate surface area is 160 Å².